The maximum Gasteiger partial charge on any atom is 0.315 e. The minimum atomic E-state index is -0.670. The largest absolute Gasteiger partial charge is 0.466 e. The third kappa shape index (κ3) is 5.02. The number of aliphatic hydroxyl groups is 1. The lowest BCUT2D eigenvalue weighted by Crippen LogP contribution is -2.39. The first-order valence-corrected chi connectivity index (χ1v) is 9.44. The average Bonchev–Trinajstić information content (AvgIpc) is 3.05. The highest BCUT2D eigenvalue weighted by Gasteiger charge is 2.18. The Morgan fingerprint density at radius 2 is 1.57 bits per heavy atom. The number of benzene rings is 2. The molecule has 1 unspecified atom stereocenters. The third-order valence-electron chi connectivity index (χ3n) is 4.68. The Morgan fingerprint density at radius 1 is 1.00 bits per heavy atom. The maximum atomic E-state index is 12.5. The van der Waals surface area contributed by atoms with Crippen LogP contribution in [0.1, 0.15) is 46.8 Å². The fraction of sp³-hybridized carbons (Fsp3) is 0.261. The summed E-state index contributed by atoms with van der Waals surface area (Å²) in [6, 6.07) is 21.0. The third-order valence-corrected chi connectivity index (χ3v) is 4.68. The van der Waals surface area contributed by atoms with Crippen molar-refractivity contribution in [3.05, 3.63) is 94.9 Å². The van der Waals surface area contributed by atoms with E-state index in [1.165, 1.54) is 0 Å². The van der Waals surface area contributed by atoms with E-state index >= 15 is 0 Å². The molecule has 0 fully saturated rings. The molecular weight excluding hydrogens is 352 g/mol. The number of furan rings is 1. The van der Waals surface area contributed by atoms with Gasteiger partial charge in [0.15, 0.2) is 0 Å². The van der Waals surface area contributed by atoms with Crippen molar-refractivity contribution in [1.29, 1.82) is 0 Å². The van der Waals surface area contributed by atoms with E-state index < -0.39 is 6.10 Å². The zero-order valence-electron chi connectivity index (χ0n) is 16.2. The van der Waals surface area contributed by atoms with Crippen molar-refractivity contribution in [2.75, 3.05) is 6.54 Å². The van der Waals surface area contributed by atoms with Crippen molar-refractivity contribution in [2.24, 2.45) is 0 Å². The van der Waals surface area contributed by atoms with Gasteiger partial charge in [0.2, 0.25) is 0 Å². The summed E-state index contributed by atoms with van der Waals surface area (Å²) >= 11 is 0. The number of amides is 2. The van der Waals surface area contributed by atoms with Gasteiger partial charge in [0.05, 0.1) is 12.1 Å². The van der Waals surface area contributed by atoms with Crippen LogP contribution in [-0.2, 0) is 0 Å². The van der Waals surface area contributed by atoms with Crippen LogP contribution in [0.25, 0.3) is 0 Å². The van der Waals surface area contributed by atoms with Gasteiger partial charge in [-0.25, -0.2) is 4.79 Å². The van der Waals surface area contributed by atoms with Crippen LogP contribution in [0.2, 0.25) is 0 Å². The van der Waals surface area contributed by atoms with Crippen LogP contribution in [0.15, 0.2) is 71.1 Å². The zero-order chi connectivity index (χ0) is 19.9. The first-order valence-electron chi connectivity index (χ1n) is 9.44. The second-order valence-corrected chi connectivity index (χ2v) is 6.83. The number of carbonyl (C=O) groups excluding carboxylic acids is 1. The molecule has 3 rings (SSSR count). The lowest BCUT2D eigenvalue weighted by atomic mass is 9.99. The van der Waals surface area contributed by atoms with Gasteiger partial charge < -0.3 is 20.2 Å². The normalized spacial score (nSPS) is 12.0. The molecule has 0 spiro atoms. The highest BCUT2D eigenvalue weighted by molar-refractivity contribution is 5.75. The van der Waals surface area contributed by atoms with Gasteiger partial charge in [-0.1, -0.05) is 60.7 Å². The molecule has 0 aliphatic carbocycles. The molecule has 2 aromatic carbocycles. The number of rotatable bonds is 7. The van der Waals surface area contributed by atoms with Crippen molar-refractivity contribution in [2.45, 2.75) is 32.4 Å². The van der Waals surface area contributed by atoms with E-state index in [2.05, 4.69) is 10.6 Å². The Hall–Kier alpha value is -3.05. The van der Waals surface area contributed by atoms with E-state index in [0.29, 0.717) is 18.7 Å². The van der Waals surface area contributed by atoms with Gasteiger partial charge in [0, 0.05) is 12.1 Å². The molecule has 0 bridgehead atoms. The summed E-state index contributed by atoms with van der Waals surface area (Å²) < 4.78 is 5.45. The van der Waals surface area contributed by atoms with Gasteiger partial charge in [-0.05, 0) is 37.5 Å². The van der Waals surface area contributed by atoms with Crippen molar-refractivity contribution in [3.63, 3.8) is 0 Å². The quantitative estimate of drug-likeness (QED) is 0.570. The number of hydrogen-bond acceptors (Lipinski definition) is 3. The SMILES string of the molecule is Cc1cc(C(O)CCNC(=O)NC(c2ccccc2)c2ccccc2)c(C)o1. The standard InChI is InChI=1S/C23H26N2O3/c1-16-15-20(17(2)28-16)21(26)13-14-24-23(27)25-22(18-9-5-3-6-10-18)19-11-7-4-8-12-19/h3-12,15,21-22,26H,13-14H2,1-2H3,(H2,24,25,27). The van der Waals surface area contributed by atoms with Crippen molar-refractivity contribution < 1.29 is 14.3 Å². The molecule has 1 heterocycles. The van der Waals surface area contributed by atoms with Gasteiger partial charge in [-0.3, -0.25) is 0 Å². The lowest BCUT2D eigenvalue weighted by Gasteiger charge is -2.20. The van der Waals surface area contributed by atoms with Crippen molar-refractivity contribution in [1.82, 2.24) is 10.6 Å². The predicted octanol–water partition coefficient (Wildman–Crippen LogP) is 4.41. The molecule has 3 N–H and O–H groups in total. The number of aliphatic hydroxyl groups excluding tert-OH is 1. The summed E-state index contributed by atoms with van der Waals surface area (Å²) in [5, 5.41) is 16.2. The van der Waals surface area contributed by atoms with Crippen LogP contribution in [0.5, 0.6) is 0 Å². The second kappa shape index (κ2) is 9.24. The summed E-state index contributed by atoms with van der Waals surface area (Å²) in [6.45, 7) is 4.03. The molecule has 2 amide bonds. The van der Waals surface area contributed by atoms with Gasteiger partial charge in [-0.2, -0.15) is 0 Å². The molecule has 3 aromatic rings. The number of nitrogens with one attached hydrogen (secondary N) is 2. The number of carbonyl (C=O) groups is 1. The van der Waals surface area contributed by atoms with Crippen LogP contribution in [0, 0.1) is 13.8 Å². The number of aryl methyl sites for hydroxylation is 2. The summed E-state index contributed by atoms with van der Waals surface area (Å²) in [5.74, 6) is 1.48. The Morgan fingerprint density at radius 3 is 2.07 bits per heavy atom. The first kappa shape index (κ1) is 19.7. The van der Waals surface area contributed by atoms with E-state index in [1.54, 1.807) is 0 Å². The molecule has 1 aromatic heterocycles. The number of urea groups is 1. The highest BCUT2D eigenvalue weighted by atomic mass is 16.3. The Labute approximate surface area is 165 Å². The van der Waals surface area contributed by atoms with Gasteiger partial charge in [0.1, 0.15) is 11.5 Å². The smallest absolute Gasteiger partial charge is 0.315 e. The highest BCUT2D eigenvalue weighted by Crippen LogP contribution is 2.24. The van der Waals surface area contributed by atoms with Crippen molar-refractivity contribution >= 4 is 6.03 Å². The van der Waals surface area contributed by atoms with Crippen LogP contribution < -0.4 is 10.6 Å². The summed E-state index contributed by atoms with van der Waals surface area (Å²) in [4.78, 5) is 12.5. The summed E-state index contributed by atoms with van der Waals surface area (Å²) in [6.07, 6.45) is -0.258. The van der Waals surface area contributed by atoms with E-state index in [0.717, 1.165) is 22.5 Å². The molecule has 0 saturated heterocycles. The van der Waals surface area contributed by atoms with E-state index in [4.69, 9.17) is 4.42 Å². The molecule has 28 heavy (non-hydrogen) atoms. The minimum Gasteiger partial charge on any atom is -0.466 e. The molecule has 5 nitrogen and oxygen atoms in total. The van der Waals surface area contributed by atoms with Crippen LogP contribution in [0.3, 0.4) is 0 Å². The number of hydrogen-bond donors (Lipinski definition) is 3. The lowest BCUT2D eigenvalue weighted by molar-refractivity contribution is 0.165. The fourth-order valence-electron chi connectivity index (χ4n) is 3.29. The molecule has 0 radical (unpaired) electrons. The summed E-state index contributed by atoms with van der Waals surface area (Å²) in [5.41, 5.74) is 2.79. The molecule has 146 valence electrons. The van der Waals surface area contributed by atoms with Gasteiger partial charge in [-0.15, -0.1) is 0 Å². The Bertz CT molecular complexity index is 851. The molecule has 0 saturated carbocycles. The first-order chi connectivity index (χ1) is 13.5. The molecule has 1 atom stereocenters. The molecule has 0 aliphatic rings. The van der Waals surface area contributed by atoms with Gasteiger partial charge >= 0.3 is 6.03 Å². The average molecular weight is 378 g/mol. The Balaban J connectivity index is 1.59. The zero-order valence-corrected chi connectivity index (χ0v) is 16.2. The van der Waals surface area contributed by atoms with Gasteiger partial charge in [0.25, 0.3) is 0 Å². The minimum absolute atomic E-state index is 0.244. The maximum absolute atomic E-state index is 12.5. The topological polar surface area (TPSA) is 74.5 Å². The molecular formula is C23H26N2O3. The monoisotopic (exact) mass is 378 g/mol. The van der Waals surface area contributed by atoms with E-state index in [-0.39, 0.29) is 12.1 Å². The Kier molecular flexibility index (Phi) is 6.50. The molecule has 5 heteroatoms. The fourth-order valence-corrected chi connectivity index (χ4v) is 3.29. The second-order valence-electron chi connectivity index (χ2n) is 6.83. The molecule has 0 aliphatic heterocycles. The predicted molar refractivity (Wildman–Crippen MR) is 109 cm³/mol. The van der Waals surface area contributed by atoms with Crippen LogP contribution in [0.4, 0.5) is 4.79 Å². The van der Waals surface area contributed by atoms with Crippen LogP contribution >= 0.6 is 0 Å². The summed E-state index contributed by atoms with van der Waals surface area (Å²) in [7, 11) is 0. The van der Waals surface area contributed by atoms with Crippen molar-refractivity contribution in [3.8, 4) is 0 Å². The van der Waals surface area contributed by atoms with E-state index in [9.17, 15) is 9.90 Å². The van der Waals surface area contributed by atoms with E-state index in [1.807, 2.05) is 80.6 Å². The van der Waals surface area contributed by atoms with Crippen LogP contribution in [-0.4, -0.2) is 17.7 Å².